The predicted octanol–water partition coefficient (Wildman–Crippen LogP) is 4.09. The molecule has 1 aromatic heterocycles. The SMILES string of the molecule is CC(C)(C)OC(=O)NC1CCN(c2nc(N)nc3c2CCC(c2cccc(Cl)c2)C3)C1. The third kappa shape index (κ3) is 5.21. The molecule has 1 aliphatic carbocycles. The zero-order valence-corrected chi connectivity index (χ0v) is 19.1. The average molecular weight is 444 g/mol. The molecule has 2 aromatic rings. The van der Waals surface area contributed by atoms with Gasteiger partial charge < -0.3 is 20.7 Å². The summed E-state index contributed by atoms with van der Waals surface area (Å²) in [4.78, 5) is 23.5. The Balaban J connectivity index is 1.48. The van der Waals surface area contributed by atoms with Crippen molar-refractivity contribution in [3.63, 3.8) is 0 Å². The molecule has 0 bridgehead atoms. The highest BCUT2D eigenvalue weighted by atomic mass is 35.5. The van der Waals surface area contributed by atoms with Crippen LogP contribution in [0.2, 0.25) is 5.02 Å². The van der Waals surface area contributed by atoms with Gasteiger partial charge in [-0.25, -0.2) is 9.78 Å². The Morgan fingerprint density at radius 1 is 1.29 bits per heavy atom. The zero-order valence-electron chi connectivity index (χ0n) is 18.3. The minimum absolute atomic E-state index is 0.0180. The van der Waals surface area contributed by atoms with E-state index in [2.05, 4.69) is 26.3 Å². The average Bonchev–Trinajstić information content (AvgIpc) is 3.13. The Bertz CT molecular complexity index is 975. The van der Waals surface area contributed by atoms with E-state index in [9.17, 15) is 4.79 Å². The molecule has 2 unspecified atom stereocenters. The number of carbonyl (C=O) groups excluding carboxylic acids is 1. The lowest BCUT2D eigenvalue weighted by Gasteiger charge is -2.29. The van der Waals surface area contributed by atoms with Gasteiger partial charge in [-0.3, -0.25) is 0 Å². The van der Waals surface area contributed by atoms with Gasteiger partial charge in [0.15, 0.2) is 0 Å². The first-order chi connectivity index (χ1) is 14.7. The number of benzene rings is 1. The summed E-state index contributed by atoms with van der Waals surface area (Å²) in [6.45, 7) is 7.07. The Kier molecular flexibility index (Phi) is 5.97. The van der Waals surface area contributed by atoms with E-state index in [1.165, 1.54) is 11.1 Å². The maximum absolute atomic E-state index is 12.1. The molecule has 2 heterocycles. The molecule has 0 radical (unpaired) electrons. The van der Waals surface area contributed by atoms with Crippen molar-refractivity contribution in [2.24, 2.45) is 0 Å². The van der Waals surface area contributed by atoms with E-state index in [1.807, 2.05) is 39.0 Å². The Labute approximate surface area is 188 Å². The summed E-state index contributed by atoms with van der Waals surface area (Å²) < 4.78 is 5.39. The van der Waals surface area contributed by atoms with Gasteiger partial charge in [-0.2, -0.15) is 4.98 Å². The minimum Gasteiger partial charge on any atom is -0.444 e. The summed E-state index contributed by atoms with van der Waals surface area (Å²) >= 11 is 6.19. The minimum atomic E-state index is -0.512. The molecular weight excluding hydrogens is 414 g/mol. The van der Waals surface area contributed by atoms with Crippen LogP contribution in [0.3, 0.4) is 0 Å². The van der Waals surface area contributed by atoms with Gasteiger partial charge >= 0.3 is 6.09 Å². The number of ether oxygens (including phenoxy) is 1. The molecule has 2 atom stereocenters. The standard InChI is InChI=1S/C23H30ClN5O2/c1-23(2,3)31-22(30)26-17-9-10-29(13-17)20-18-8-7-15(12-19(18)27-21(25)28-20)14-5-4-6-16(24)11-14/h4-6,11,15,17H,7-10,12-13H2,1-3H3,(H,26,30)(H2,25,27,28). The highest BCUT2D eigenvalue weighted by Crippen LogP contribution is 2.37. The second-order valence-electron chi connectivity index (χ2n) is 9.40. The molecule has 31 heavy (non-hydrogen) atoms. The molecule has 1 amide bonds. The molecule has 7 nitrogen and oxygen atoms in total. The largest absolute Gasteiger partial charge is 0.444 e. The van der Waals surface area contributed by atoms with Crippen molar-refractivity contribution in [1.29, 1.82) is 0 Å². The fourth-order valence-corrected chi connectivity index (χ4v) is 4.66. The Morgan fingerprint density at radius 2 is 2.10 bits per heavy atom. The van der Waals surface area contributed by atoms with Crippen molar-refractivity contribution >= 4 is 29.5 Å². The van der Waals surface area contributed by atoms with Crippen LogP contribution in [0.25, 0.3) is 0 Å². The van der Waals surface area contributed by atoms with E-state index in [0.717, 1.165) is 48.8 Å². The molecule has 4 rings (SSSR count). The van der Waals surface area contributed by atoms with E-state index < -0.39 is 5.60 Å². The summed E-state index contributed by atoms with van der Waals surface area (Å²) in [5.74, 6) is 1.57. The van der Waals surface area contributed by atoms with Crippen molar-refractivity contribution in [3.8, 4) is 0 Å². The quantitative estimate of drug-likeness (QED) is 0.742. The number of nitrogens with one attached hydrogen (secondary N) is 1. The lowest BCUT2D eigenvalue weighted by atomic mass is 9.82. The first kappa shape index (κ1) is 21.7. The lowest BCUT2D eigenvalue weighted by molar-refractivity contribution is 0.0509. The summed E-state index contributed by atoms with van der Waals surface area (Å²) in [6, 6.07) is 8.07. The third-order valence-corrected chi connectivity index (χ3v) is 6.03. The van der Waals surface area contributed by atoms with Crippen LogP contribution in [0, 0.1) is 0 Å². The van der Waals surface area contributed by atoms with Crippen LogP contribution >= 0.6 is 11.6 Å². The lowest BCUT2D eigenvalue weighted by Crippen LogP contribution is -2.40. The van der Waals surface area contributed by atoms with Gasteiger partial charge in [0.2, 0.25) is 5.95 Å². The number of aromatic nitrogens is 2. The van der Waals surface area contributed by atoms with Gasteiger partial charge in [0.25, 0.3) is 0 Å². The van der Waals surface area contributed by atoms with Crippen LogP contribution in [0.15, 0.2) is 24.3 Å². The first-order valence-corrected chi connectivity index (χ1v) is 11.2. The molecule has 0 saturated carbocycles. The molecule has 166 valence electrons. The monoisotopic (exact) mass is 443 g/mol. The summed E-state index contributed by atoms with van der Waals surface area (Å²) in [5, 5.41) is 3.73. The fraction of sp³-hybridized carbons (Fsp3) is 0.522. The second-order valence-corrected chi connectivity index (χ2v) is 9.84. The van der Waals surface area contributed by atoms with Gasteiger partial charge in [0.1, 0.15) is 11.4 Å². The number of hydrogen-bond acceptors (Lipinski definition) is 6. The van der Waals surface area contributed by atoms with Crippen LogP contribution in [-0.2, 0) is 17.6 Å². The number of halogens is 1. The van der Waals surface area contributed by atoms with Crippen molar-refractivity contribution < 1.29 is 9.53 Å². The molecule has 1 saturated heterocycles. The second kappa shape index (κ2) is 8.54. The van der Waals surface area contributed by atoms with Crippen molar-refractivity contribution in [2.45, 2.75) is 64.0 Å². The van der Waals surface area contributed by atoms with Crippen molar-refractivity contribution in [3.05, 3.63) is 46.1 Å². The molecule has 0 spiro atoms. The maximum atomic E-state index is 12.1. The third-order valence-electron chi connectivity index (χ3n) is 5.80. The summed E-state index contributed by atoms with van der Waals surface area (Å²) in [6.07, 6.45) is 3.18. The first-order valence-electron chi connectivity index (χ1n) is 10.8. The van der Waals surface area contributed by atoms with Crippen LogP contribution in [0.5, 0.6) is 0 Å². The summed E-state index contributed by atoms with van der Waals surface area (Å²) in [5.41, 5.74) is 9.00. The van der Waals surface area contributed by atoms with Crippen LogP contribution in [0.1, 0.15) is 56.4 Å². The van der Waals surface area contributed by atoms with Gasteiger partial charge in [0, 0.05) is 23.7 Å². The number of nitrogen functional groups attached to an aromatic ring is 1. The highest BCUT2D eigenvalue weighted by molar-refractivity contribution is 6.30. The van der Waals surface area contributed by atoms with Gasteiger partial charge in [-0.15, -0.1) is 0 Å². The number of anilines is 2. The molecule has 1 aromatic carbocycles. The Hall–Kier alpha value is -2.54. The predicted molar refractivity (Wildman–Crippen MR) is 123 cm³/mol. The van der Waals surface area contributed by atoms with E-state index in [-0.39, 0.29) is 12.1 Å². The molecule has 3 N–H and O–H groups in total. The summed E-state index contributed by atoms with van der Waals surface area (Å²) in [7, 11) is 0. The Morgan fingerprint density at radius 3 is 2.84 bits per heavy atom. The number of hydrogen-bond donors (Lipinski definition) is 2. The number of nitrogens with two attached hydrogens (primary N) is 1. The smallest absolute Gasteiger partial charge is 0.407 e. The van der Waals surface area contributed by atoms with Crippen LogP contribution in [0.4, 0.5) is 16.6 Å². The molecular formula is C23H30ClN5O2. The van der Waals surface area contributed by atoms with Gasteiger partial charge in [-0.05, 0) is 70.1 Å². The van der Waals surface area contributed by atoms with Crippen molar-refractivity contribution in [1.82, 2.24) is 15.3 Å². The number of nitrogens with zero attached hydrogens (tertiary/aromatic N) is 3. The highest BCUT2D eigenvalue weighted by Gasteiger charge is 2.31. The van der Waals surface area contributed by atoms with E-state index in [4.69, 9.17) is 22.1 Å². The van der Waals surface area contributed by atoms with Gasteiger partial charge in [0.05, 0.1) is 11.7 Å². The van der Waals surface area contributed by atoms with Gasteiger partial charge in [-0.1, -0.05) is 23.7 Å². The van der Waals surface area contributed by atoms with Crippen LogP contribution < -0.4 is 16.0 Å². The van der Waals surface area contributed by atoms with Crippen LogP contribution in [-0.4, -0.2) is 40.8 Å². The molecule has 1 aliphatic heterocycles. The molecule has 8 heteroatoms. The molecule has 1 fully saturated rings. The number of fused-ring (bicyclic) bond motifs is 1. The number of amides is 1. The normalized spacial score (nSPS) is 21.0. The number of alkyl carbamates (subject to hydrolysis) is 1. The topological polar surface area (TPSA) is 93.4 Å². The maximum Gasteiger partial charge on any atom is 0.407 e. The zero-order chi connectivity index (χ0) is 22.2. The fourth-order valence-electron chi connectivity index (χ4n) is 4.47. The van der Waals surface area contributed by atoms with E-state index >= 15 is 0 Å². The number of carbonyl (C=O) groups is 1. The molecule has 2 aliphatic rings. The number of rotatable bonds is 3. The van der Waals surface area contributed by atoms with E-state index in [0.29, 0.717) is 18.4 Å². The van der Waals surface area contributed by atoms with Crippen molar-refractivity contribution in [2.75, 3.05) is 23.7 Å². The van der Waals surface area contributed by atoms with E-state index in [1.54, 1.807) is 0 Å².